The highest BCUT2D eigenvalue weighted by Crippen LogP contribution is 2.19. The van der Waals surface area contributed by atoms with Crippen LogP contribution in [0.25, 0.3) is 0 Å². The molecule has 20 heavy (non-hydrogen) atoms. The highest BCUT2D eigenvalue weighted by molar-refractivity contribution is 6.07. The van der Waals surface area contributed by atoms with Gasteiger partial charge in [0.05, 0.1) is 24.6 Å². The minimum Gasteiger partial charge on any atom is -0.465 e. The highest BCUT2D eigenvalue weighted by Gasteiger charge is 2.14. The van der Waals surface area contributed by atoms with Gasteiger partial charge in [0.1, 0.15) is 5.69 Å². The van der Waals surface area contributed by atoms with Gasteiger partial charge in [-0.15, -0.1) is 0 Å². The second-order valence-corrected chi connectivity index (χ2v) is 4.18. The summed E-state index contributed by atoms with van der Waals surface area (Å²) in [4.78, 5) is 23.5. The zero-order chi connectivity index (χ0) is 14.7. The van der Waals surface area contributed by atoms with E-state index in [0.29, 0.717) is 11.3 Å². The van der Waals surface area contributed by atoms with Gasteiger partial charge in [0.25, 0.3) is 5.91 Å². The Hall–Kier alpha value is -2.83. The molecule has 2 rings (SSSR count). The lowest BCUT2D eigenvalue weighted by Crippen LogP contribution is -2.15. The van der Waals surface area contributed by atoms with Crippen molar-refractivity contribution in [2.24, 2.45) is 0 Å². The number of nitrogen functional groups attached to an aromatic ring is 1. The van der Waals surface area contributed by atoms with E-state index in [1.54, 1.807) is 18.2 Å². The number of carbonyl (C=O) groups excluding carboxylic acids is 2. The average Bonchev–Trinajstić information content (AvgIpc) is 2.86. The number of hydrogen-bond donors (Lipinski definition) is 3. The van der Waals surface area contributed by atoms with Crippen LogP contribution in [0.5, 0.6) is 0 Å². The number of aromatic amines is 1. The summed E-state index contributed by atoms with van der Waals surface area (Å²) in [6.07, 6.45) is 1.35. The van der Waals surface area contributed by atoms with E-state index in [4.69, 9.17) is 5.73 Å². The second-order valence-electron chi connectivity index (χ2n) is 4.18. The molecule has 0 saturated carbocycles. The molecule has 0 aliphatic carbocycles. The molecule has 104 valence electrons. The molecule has 1 amide bonds. The number of nitrogens with zero attached hydrogens (tertiary/aromatic N) is 1. The summed E-state index contributed by atoms with van der Waals surface area (Å²) in [5, 5.41) is 8.87. The lowest BCUT2D eigenvalue weighted by atomic mass is 10.1. The molecule has 2 aromatic rings. The number of benzene rings is 1. The summed E-state index contributed by atoms with van der Waals surface area (Å²) in [5.41, 5.74) is 7.70. The van der Waals surface area contributed by atoms with Gasteiger partial charge in [-0.1, -0.05) is 6.07 Å². The maximum absolute atomic E-state index is 12.0. The van der Waals surface area contributed by atoms with Gasteiger partial charge in [-0.3, -0.25) is 9.89 Å². The van der Waals surface area contributed by atoms with E-state index in [0.717, 1.165) is 5.56 Å². The van der Waals surface area contributed by atoms with E-state index in [2.05, 4.69) is 20.3 Å². The molecule has 1 heterocycles. The minimum absolute atomic E-state index is 0.174. The number of rotatable bonds is 3. The summed E-state index contributed by atoms with van der Waals surface area (Å²) in [6, 6.07) is 4.89. The van der Waals surface area contributed by atoms with E-state index in [1.807, 2.05) is 6.92 Å². The van der Waals surface area contributed by atoms with Gasteiger partial charge in [-0.2, -0.15) is 5.10 Å². The predicted octanol–water partition coefficient (Wildman–Crippen LogP) is 1.34. The average molecular weight is 274 g/mol. The molecule has 0 aliphatic rings. The van der Waals surface area contributed by atoms with Crippen LogP contribution in [-0.2, 0) is 4.74 Å². The molecule has 7 heteroatoms. The first kappa shape index (κ1) is 13.6. The zero-order valence-electron chi connectivity index (χ0n) is 11.1. The molecule has 7 nitrogen and oxygen atoms in total. The topological polar surface area (TPSA) is 110 Å². The number of amides is 1. The minimum atomic E-state index is -0.471. The molecule has 0 bridgehead atoms. The summed E-state index contributed by atoms with van der Waals surface area (Å²) < 4.78 is 4.64. The van der Waals surface area contributed by atoms with E-state index >= 15 is 0 Å². The zero-order valence-corrected chi connectivity index (χ0v) is 11.1. The smallest absolute Gasteiger partial charge is 0.337 e. The summed E-state index contributed by atoms with van der Waals surface area (Å²) in [7, 11) is 1.30. The largest absolute Gasteiger partial charge is 0.465 e. The Bertz CT molecular complexity index is 663. The second kappa shape index (κ2) is 5.43. The molecule has 0 unspecified atom stereocenters. The third-order valence-electron chi connectivity index (χ3n) is 2.80. The molecule has 0 atom stereocenters. The summed E-state index contributed by atoms with van der Waals surface area (Å²) in [5.74, 6) is -0.897. The normalized spacial score (nSPS) is 10.1. The number of H-pyrrole nitrogens is 1. The fourth-order valence-electron chi connectivity index (χ4n) is 1.66. The Labute approximate surface area is 115 Å². The Balaban J connectivity index is 2.27. The summed E-state index contributed by atoms with van der Waals surface area (Å²) in [6.45, 7) is 1.81. The Morgan fingerprint density at radius 1 is 1.40 bits per heavy atom. The Kier molecular flexibility index (Phi) is 3.69. The monoisotopic (exact) mass is 274 g/mol. The van der Waals surface area contributed by atoms with Gasteiger partial charge >= 0.3 is 5.97 Å². The molecule has 0 radical (unpaired) electrons. The van der Waals surface area contributed by atoms with Crippen molar-refractivity contribution in [1.29, 1.82) is 0 Å². The Morgan fingerprint density at radius 3 is 2.75 bits per heavy atom. The first-order chi connectivity index (χ1) is 9.52. The van der Waals surface area contributed by atoms with Crippen LogP contribution in [0.15, 0.2) is 24.4 Å². The van der Waals surface area contributed by atoms with Crippen molar-refractivity contribution in [2.45, 2.75) is 6.92 Å². The molecule has 4 N–H and O–H groups in total. The van der Waals surface area contributed by atoms with E-state index in [1.165, 1.54) is 13.3 Å². The van der Waals surface area contributed by atoms with Crippen molar-refractivity contribution in [3.63, 3.8) is 0 Å². The standard InChI is InChI=1S/C13H14N4O3/c1-7-3-4-8(13(19)20-2)5-10(7)16-12(18)11-9(14)6-15-17-11/h3-6H,14H2,1-2H3,(H,15,17)(H,16,18). The molecule has 0 fully saturated rings. The number of nitrogens with two attached hydrogens (primary N) is 1. The van der Waals surface area contributed by atoms with E-state index in [-0.39, 0.29) is 11.4 Å². The number of aromatic nitrogens is 2. The molecule has 1 aromatic carbocycles. The van der Waals surface area contributed by atoms with Crippen LogP contribution < -0.4 is 11.1 Å². The van der Waals surface area contributed by atoms with Crippen molar-refractivity contribution in [2.75, 3.05) is 18.2 Å². The van der Waals surface area contributed by atoms with Gasteiger partial charge in [0, 0.05) is 5.69 Å². The quantitative estimate of drug-likeness (QED) is 0.731. The molecular weight excluding hydrogens is 260 g/mol. The molecule has 1 aromatic heterocycles. The highest BCUT2D eigenvalue weighted by atomic mass is 16.5. The Morgan fingerprint density at radius 2 is 2.15 bits per heavy atom. The summed E-state index contributed by atoms with van der Waals surface area (Å²) >= 11 is 0. The van der Waals surface area contributed by atoms with Crippen LogP contribution in [0.2, 0.25) is 0 Å². The van der Waals surface area contributed by atoms with Gasteiger partial charge in [-0.25, -0.2) is 4.79 Å². The maximum atomic E-state index is 12.0. The van der Waals surface area contributed by atoms with Gasteiger partial charge in [0.2, 0.25) is 0 Å². The van der Waals surface area contributed by atoms with Gasteiger partial charge in [-0.05, 0) is 24.6 Å². The maximum Gasteiger partial charge on any atom is 0.337 e. The number of nitrogens with one attached hydrogen (secondary N) is 2. The van der Waals surface area contributed by atoms with Crippen LogP contribution in [0.1, 0.15) is 26.4 Å². The number of methoxy groups -OCH3 is 1. The third-order valence-corrected chi connectivity index (χ3v) is 2.80. The van der Waals surface area contributed by atoms with Gasteiger partial charge < -0.3 is 15.8 Å². The van der Waals surface area contributed by atoms with Crippen LogP contribution in [0, 0.1) is 6.92 Å². The van der Waals surface area contributed by atoms with E-state index in [9.17, 15) is 9.59 Å². The number of hydrogen-bond acceptors (Lipinski definition) is 5. The number of esters is 1. The van der Waals surface area contributed by atoms with Crippen molar-refractivity contribution in [3.05, 3.63) is 41.2 Å². The molecular formula is C13H14N4O3. The first-order valence-corrected chi connectivity index (χ1v) is 5.82. The number of anilines is 2. The van der Waals surface area contributed by atoms with Crippen molar-refractivity contribution in [1.82, 2.24) is 10.2 Å². The first-order valence-electron chi connectivity index (χ1n) is 5.82. The van der Waals surface area contributed by atoms with E-state index < -0.39 is 11.9 Å². The van der Waals surface area contributed by atoms with Crippen LogP contribution in [-0.4, -0.2) is 29.2 Å². The predicted molar refractivity (Wildman–Crippen MR) is 73.5 cm³/mol. The van der Waals surface area contributed by atoms with Crippen molar-refractivity contribution >= 4 is 23.3 Å². The molecule has 0 saturated heterocycles. The van der Waals surface area contributed by atoms with Crippen LogP contribution in [0.3, 0.4) is 0 Å². The fourth-order valence-corrected chi connectivity index (χ4v) is 1.66. The van der Waals surface area contributed by atoms with Gasteiger partial charge in [0.15, 0.2) is 0 Å². The number of carbonyl (C=O) groups is 2. The molecule has 0 spiro atoms. The van der Waals surface area contributed by atoms with Crippen molar-refractivity contribution in [3.8, 4) is 0 Å². The third kappa shape index (κ3) is 2.61. The van der Waals surface area contributed by atoms with Crippen LogP contribution >= 0.6 is 0 Å². The lowest BCUT2D eigenvalue weighted by molar-refractivity contribution is 0.0600. The molecule has 0 aliphatic heterocycles. The number of ether oxygens (including phenoxy) is 1. The number of aryl methyl sites for hydroxylation is 1. The van der Waals surface area contributed by atoms with Crippen molar-refractivity contribution < 1.29 is 14.3 Å². The SMILES string of the molecule is COC(=O)c1ccc(C)c(NC(=O)c2[nH]ncc2N)c1. The lowest BCUT2D eigenvalue weighted by Gasteiger charge is -2.09. The fraction of sp³-hybridized carbons (Fsp3) is 0.154. The van der Waals surface area contributed by atoms with Crippen LogP contribution in [0.4, 0.5) is 11.4 Å².